The van der Waals surface area contributed by atoms with Gasteiger partial charge in [-0.15, -0.1) is 0 Å². The first-order chi connectivity index (χ1) is 16.7. The summed E-state index contributed by atoms with van der Waals surface area (Å²) in [5, 5.41) is 0. The standard InChI is InChI=1S/C21H27N2.C9H17N.2ClH.Ru/c1-14-9-16(3)20(17(4)10-14)22-7-8-23(13-22)21-18(5)11-15(2)12-19(21)6;1-6-9(4,5)7-10-8(2)3;;;/h9-13H,7-8H2,1-6H3;1,7-8H,6H2,2-5H3;2*1H;/q-1;;;;+2/p-2. The van der Waals surface area contributed by atoms with E-state index in [4.69, 9.17) is 19.4 Å². The van der Waals surface area contributed by atoms with Crippen LogP contribution in [0.5, 0.6) is 0 Å². The average Bonchev–Trinajstić information content (AvgIpc) is 3.19. The summed E-state index contributed by atoms with van der Waals surface area (Å²) in [6.45, 7) is 26.0. The van der Waals surface area contributed by atoms with E-state index in [0.717, 1.165) is 19.5 Å². The van der Waals surface area contributed by atoms with E-state index in [0.29, 0.717) is 6.04 Å². The van der Waals surface area contributed by atoms with Crippen molar-refractivity contribution in [1.82, 2.24) is 0 Å². The molecule has 0 amide bonds. The molecular formula is C30H44Cl2N3Ru-. The topological polar surface area (TPSA) is 18.8 Å². The van der Waals surface area contributed by atoms with Gasteiger partial charge in [-0.2, -0.15) is 6.67 Å². The smallest absolute Gasteiger partial charge is 0.0146 e. The monoisotopic (exact) mass is 618 g/mol. The molecule has 0 unspecified atom stereocenters. The molecule has 1 heterocycles. The normalized spacial score (nSPS) is 14.4. The van der Waals surface area contributed by atoms with Crippen LogP contribution < -0.4 is 9.80 Å². The van der Waals surface area contributed by atoms with Crippen LogP contribution in [0.1, 0.15) is 67.5 Å². The van der Waals surface area contributed by atoms with E-state index < -0.39 is 13.5 Å². The van der Waals surface area contributed by atoms with Gasteiger partial charge >= 0.3 is 94.3 Å². The molecule has 0 aliphatic carbocycles. The molecule has 6 heteroatoms. The van der Waals surface area contributed by atoms with Gasteiger partial charge in [-0.25, -0.2) is 0 Å². The fourth-order valence-corrected chi connectivity index (χ4v) is 6.56. The van der Waals surface area contributed by atoms with Crippen molar-refractivity contribution in [2.75, 3.05) is 22.9 Å². The number of halogens is 2. The third-order valence-electron chi connectivity index (χ3n) is 6.14. The van der Waals surface area contributed by atoms with Crippen molar-refractivity contribution in [3.8, 4) is 0 Å². The van der Waals surface area contributed by atoms with Crippen molar-refractivity contribution in [3.05, 3.63) is 64.3 Å². The van der Waals surface area contributed by atoms with E-state index >= 15 is 0 Å². The molecule has 3 nitrogen and oxygen atoms in total. The molecule has 0 radical (unpaired) electrons. The largest absolute Gasteiger partial charge is 0.502 e. The maximum Gasteiger partial charge on any atom is 0.0146 e. The second kappa shape index (κ2) is 13.5. The number of hydrogen-bond donors (Lipinski definition) is 0. The SMILES string of the molecule is CC(C)N=CC(C)(C)C[CH]=[Ru]([Cl])[Cl].Cc1cc(C)c(N2[CH-]N(c3c(C)cc(C)cc3C)CC2)c(C)c1. The molecule has 2 aromatic carbocycles. The van der Waals surface area contributed by atoms with Gasteiger partial charge in [0.15, 0.2) is 0 Å². The molecular weight excluding hydrogens is 574 g/mol. The summed E-state index contributed by atoms with van der Waals surface area (Å²) in [4.78, 5) is 9.17. The Hall–Kier alpha value is -1.22. The molecule has 0 bridgehead atoms. The van der Waals surface area contributed by atoms with Gasteiger partial charge in [0, 0.05) is 24.5 Å². The first-order valence-corrected chi connectivity index (χ1v) is 18.1. The van der Waals surface area contributed by atoms with E-state index in [9.17, 15) is 0 Å². The van der Waals surface area contributed by atoms with Gasteiger partial charge in [0.05, 0.1) is 0 Å². The van der Waals surface area contributed by atoms with Crippen LogP contribution in [0.3, 0.4) is 0 Å². The summed E-state index contributed by atoms with van der Waals surface area (Å²) in [6, 6.07) is 9.48. The Kier molecular flexibility index (Phi) is 11.7. The van der Waals surface area contributed by atoms with E-state index in [2.05, 4.69) is 115 Å². The zero-order chi connectivity index (χ0) is 27.2. The molecule has 0 atom stereocenters. The number of benzene rings is 2. The fourth-order valence-electron chi connectivity index (χ4n) is 4.73. The Bertz CT molecular complexity index is 992. The minimum Gasteiger partial charge on any atom is -0.502 e. The molecule has 0 N–H and O–H groups in total. The number of aliphatic imine (C=N–C) groups is 1. The first-order valence-electron chi connectivity index (χ1n) is 12.6. The molecule has 36 heavy (non-hydrogen) atoms. The number of aryl methyl sites for hydroxylation is 6. The molecule has 2 aromatic rings. The molecule has 1 aliphatic rings. The predicted molar refractivity (Wildman–Crippen MR) is 160 cm³/mol. The third-order valence-corrected chi connectivity index (χ3v) is 8.32. The van der Waals surface area contributed by atoms with E-state index in [1.165, 1.54) is 44.8 Å². The van der Waals surface area contributed by atoms with Crippen molar-refractivity contribution in [2.24, 2.45) is 10.4 Å². The Morgan fingerprint density at radius 2 is 1.25 bits per heavy atom. The van der Waals surface area contributed by atoms with Gasteiger partial charge in [-0.1, -0.05) is 35.4 Å². The van der Waals surface area contributed by atoms with Crippen molar-refractivity contribution < 1.29 is 13.5 Å². The van der Waals surface area contributed by atoms with Crippen LogP contribution in [0.4, 0.5) is 11.4 Å². The Balaban J connectivity index is 0.000000302. The summed E-state index contributed by atoms with van der Waals surface area (Å²) in [5.74, 6) is 0. The summed E-state index contributed by atoms with van der Waals surface area (Å²) in [6.07, 6.45) is 2.91. The molecule has 3 rings (SSSR count). The van der Waals surface area contributed by atoms with Gasteiger partial charge in [0.1, 0.15) is 0 Å². The molecule has 202 valence electrons. The predicted octanol–water partition coefficient (Wildman–Crippen LogP) is 8.59. The number of rotatable bonds is 6. The quantitative estimate of drug-likeness (QED) is 0.184. The van der Waals surface area contributed by atoms with Gasteiger partial charge < -0.3 is 9.80 Å². The van der Waals surface area contributed by atoms with Crippen molar-refractivity contribution in [3.63, 3.8) is 0 Å². The van der Waals surface area contributed by atoms with Crippen LogP contribution in [0, 0.1) is 53.6 Å². The Morgan fingerprint density at radius 1 is 0.861 bits per heavy atom. The van der Waals surface area contributed by atoms with Gasteiger partial charge in [0.2, 0.25) is 0 Å². The maximum absolute atomic E-state index is 5.76. The van der Waals surface area contributed by atoms with Crippen LogP contribution in [-0.4, -0.2) is 30.0 Å². The number of anilines is 2. The zero-order valence-corrected chi connectivity index (χ0v) is 26.9. The average molecular weight is 619 g/mol. The van der Waals surface area contributed by atoms with Crippen LogP contribution in [-0.2, 0) is 13.5 Å². The van der Waals surface area contributed by atoms with Crippen LogP contribution in [0.25, 0.3) is 0 Å². The zero-order valence-electron chi connectivity index (χ0n) is 23.7. The van der Waals surface area contributed by atoms with Gasteiger partial charge in [-0.3, -0.25) is 0 Å². The van der Waals surface area contributed by atoms with Crippen molar-refractivity contribution in [2.45, 2.75) is 81.7 Å². The van der Waals surface area contributed by atoms with Crippen LogP contribution >= 0.6 is 19.4 Å². The van der Waals surface area contributed by atoms with Crippen molar-refractivity contribution in [1.29, 1.82) is 0 Å². The van der Waals surface area contributed by atoms with Crippen molar-refractivity contribution >= 4 is 41.6 Å². The van der Waals surface area contributed by atoms with E-state index in [1.807, 2.05) is 10.8 Å². The summed E-state index contributed by atoms with van der Waals surface area (Å²) < 4.78 is 2.03. The molecule has 1 fully saturated rings. The Morgan fingerprint density at radius 3 is 1.58 bits per heavy atom. The van der Waals surface area contributed by atoms with Crippen LogP contribution in [0.15, 0.2) is 29.3 Å². The van der Waals surface area contributed by atoms with Crippen LogP contribution in [0.2, 0.25) is 0 Å². The molecule has 0 saturated carbocycles. The third kappa shape index (κ3) is 9.27. The van der Waals surface area contributed by atoms with Gasteiger partial charge in [-0.05, 0) is 63.8 Å². The summed E-state index contributed by atoms with van der Waals surface area (Å²) in [5.41, 5.74) is 10.9. The van der Waals surface area contributed by atoms with Gasteiger partial charge in [0.25, 0.3) is 0 Å². The molecule has 0 aromatic heterocycles. The number of hydrogen-bond acceptors (Lipinski definition) is 3. The summed E-state index contributed by atoms with van der Waals surface area (Å²) >= 11 is -1.60. The molecule has 1 aliphatic heterocycles. The first kappa shape index (κ1) is 31.0. The molecule has 0 spiro atoms. The second-order valence-electron chi connectivity index (χ2n) is 10.9. The summed E-state index contributed by atoms with van der Waals surface area (Å²) in [7, 11) is 11.5. The second-order valence-corrected chi connectivity index (χ2v) is 16.8. The van der Waals surface area contributed by atoms with E-state index in [-0.39, 0.29) is 5.41 Å². The number of nitrogens with zero attached hydrogens (tertiary/aromatic N) is 3. The van der Waals surface area contributed by atoms with E-state index in [1.54, 1.807) is 0 Å². The fraction of sp³-hybridized carbons (Fsp3) is 0.500. The minimum absolute atomic E-state index is 0.0838. The maximum atomic E-state index is 5.76. The minimum atomic E-state index is -1.60. The molecule has 1 saturated heterocycles. The Labute approximate surface area is 233 Å².